The molecule has 1 aromatic heterocycles. The van der Waals surface area contributed by atoms with Crippen molar-refractivity contribution in [1.82, 2.24) is 9.88 Å². The van der Waals surface area contributed by atoms with Crippen LogP contribution in [0.5, 0.6) is 0 Å². The van der Waals surface area contributed by atoms with Crippen LogP contribution in [0.1, 0.15) is 15.9 Å². The first kappa shape index (κ1) is 17.2. The van der Waals surface area contributed by atoms with Gasteiger partial charge in [0.25, 0.3) is 5.91 Å². The summed E-state index contributed by atoms with van der Waals surface area (Å²) >= 11 is 11.7. The smallest absolute Gasteiger partial charge is 0.257 e. The van der Waals surface area contributed by atoms with Gasteiger partial charge < -0.3 is 10.1 Å². The van der Waals surface area contributed by atoms with E-state index in [0.717, 1.165) is 44.1 Å². The van der Waals surface area contributed by atoms with E-state index in [2.05, 4.69) is 15.2 Å². The second-order valence-corrected chi connectivity index (χ2v) is 6.30. The first-order chi connectivity index (χ1) is 11.6. The highest BCUT2D eigenvalue weighted by atomic mass is 35.5. The zero-order chi connectivity index (χ0) is 16.9. The zero-order valence-electron chi connectivity index (χ0n) is 13.0. The third-order valence-electron chi connectivity index (χ3n) is 3.75. The van der Waals surface area contributed by atoms with Crippen LogP contribution >= 0.6 is 23.2 Å². The van der Waals surface area contributed by atoms with Gasteiger partial charge in [-0.3, -0.25) is 9.69 Å². The first-order valence-corrected chi connectivity index (χ1v) is 8.39. The summed E-state index contributed by atoms with van der Waals surface area (Å²) in [4.78, 5) is 18.5. The van der Waals surface area contributed by atoms with Crippen LogP contribution in [0, 0.1) is 0 Å². The zero-order valence-corrected chi connectivity index (χ0v) is 14.5. The van der Waals surface area contributed by atoms with E-state index in [4.69, 9.17) is 27.9 Å². The molecular formula is C17H17Cl2N3O2. The number of rotatable bonds is 4. The number of morpholine rings is 1. The van der Waals surface area contributed by atoms with Crippen LogP contribution in [0.15, 0.2) is 36.5 Å². The predicted molar refractivity (Wildman–Crippen MR) is 94.7 cm³/mol. The third-order valence-corrected chi connectivity index (χ3v) is 4.44. The Bertz CT molecular complexity index is 734. The summed E-state index contributed by atoms with van der Waals surface area (Å²) in [5, 5.41) is 3.29. The van der Waals surface area contributed by atoms with Gasteiger partial charge in [0.15, 0.2) is 0 Å². The molecule has 0 spiro atoms. The number of nitrogens with one attached hydrogen (secondary N) is 1. The van der Waals surface area contributed by atoms with Gasteiger partial charge in [-0.05, 0) is 23.8 Å². The van der Waals surface area contributed by atoms with Gasteiger partial charge in [0, 0.05) is 31.5 Å². The Morgan fingerprint density at radius 3 is 2.79 bits per heavy atom. The number of carbonyl (C=O) groups excluding carboxylic acids is 1. The van der Waals surface area contributed by atoms with E-state index >= 15 is 0 Å². The standard InChI is InChI=1S/C17H17Cl2N3O2/c18-15-9-13(10-20-16(15)19)17(23)21-14-3-1-2-12(8-14)11-22-4-6-24-7-5-22/h1-3,8-10H,4-7,11H2,(H,21,23). The Balaban J connectivity index is 1.67. The maximum absolute atomic E-state index is 12.3. The highest BCUT2D eigenvalue weighted by Gasteiger charge is 2.12. The molecule has 2 aromatic rings. The molecule has 1 aromatic carbocycles. The average Bonchev–Trinajstić information content (AvgIpc) is 2.58. The van der Waals surface area contributed by atoms with E-state index < -0.39 is 0 Å². The summed E-state index contributed by atoms with van der Waals surface area (Å²) in [5.41, 5.74) is 2.24. The highest BCUT2D eigenvalue weighted by molar-refractivity contribution is 6.41. The molecule has 0 unspecified atom stereocenters. The SMILES string of the molecule is O=C(Nc1cccc(CN2CCOCC2)c1)c1cnc(Cl)c(Cl)c1. The number of benzene rings is 1. The van der Waals surface area contributed by atoms with Crippen LogP contribution in [0.3, 0.4) is 0 Å². The fraction of sp³-hybridized carbons (Fsp3) is 0.294. The molecule has 0 atom stereocenters. The van der Waals surface area contributed by atoms with Crippen LogP contribution in [0.2, 0.25) is 10.2 Å². The number of aromatic nitrogens is 1. The molecule has 5 nitrogen and oxygen atoms in total. The van der Waals surface area contributed by atoms with Crippen LogP contribution in [-0.4, -0.2) is 42.1 Å². The van der Waals surface area contributed by atoms with Gasteiger partial charge in [0.1, 0.15) is 5.15 Å². The molecule has 1 amide bonds. The second kappa shape index (κ2) is 7.94. The quantitative estimate of drug-likeness (QED) is 0.842. The maximum atomic E-state index is 12.3. The minimum absolute atomic E-state index is 0.181. The number of amides is 1. The second-order valence-electron chi connectivity index (χ2n) is 5.54. The van der Waals surface area contributed by atoms with Crippen LogP contribution in [-0.2, 0) is 11.3 Å². The molecule has 3 rings (SSSR count). The summed E-state index contributed by atoms with van der Waals surface area (Å²) in [7, 11) is 0. The summed E-state index contributed by atoms with van der Waals surface area (Å²) in [6.07, 6.45) is 1.40. The molecular weight excluding hydrogens is 349 g/mol. The van der Waals surface area contributed by atoms with Crippen molar-refractivity contribution < 1.29 is 9.53 Å². The normalized spacial score (nSPS) is 15.2. The number of pyridine rings is 1. The number of halogens is 2. The lowest BCUT2D eigenvalue weighted by molar-refractivity contribution is 0.0342. The van der Waals surface area contributed by atoms with Gasteiger partial charge in [-0.2, -0.15) is 0 Å². The molecule has 24 heavy (non-hydrogen) atoms. The third kappa shape index (κ3) is 4.45. The van der Waals surface area contributed by atoms with Crippen molar-refractivity contribution in [3.8, 4) is 0 Å². The number of hydrogen-bond acceptors (Lipinski definition) is 4. The van der Waals surface area contributed by atoms with Crippen LogP contribution in [0.25, 0.3) is 0 Å². The molecule has 0 saturated carbocycles. The lowest BCUT2D eigenvalue weighted by atomic mass is 10.1. The van der Waals surface area contributed by atoms with Crippen molar-refractivity contribution in [1.29, 1.82) is 0 Å². The van der Waals surface area contributed by atoms with Gasteiger partial charge in [0.05, 0.1) is 23.8 Å². The van der Waals surface area contributed by atoms with Crippen LogP contribution < -0.4 is 5.32 Å². The molecule has 1 aliphatic heterocycles. The van der Waals surface area contributed by atoms with Crippen molar-refractivity contribution >= 4 is 34.8 Å². The van der Waals surface area contributed by atoms with Gasteiger partial charge in [0.2, 0.25) is 0 Å². The van der Waals surface area contributed by atoms with Gasteiger partial charge in [-0.25, -0.2) is 4.98 Å². The number of carbonyl (C=O) groups is 1. The van der Waals surface area contributed by atoms with E-state index in [1.165, 1.54) is 12.3 Å². The van der Waals surface area contributed by atoms with E-state index in [0.29, 0.717) is 5.56 Å². The largest absolute Gasteiger partial charge is 0.379 e. The summed E-state index contributed by atoms with van der Waals surface area (Å²) in [6.45, 7) is 4.21. The molecule has 7 heteroatoms. The molecule has 1 N–H and O–H groups in total. The Morgan fingerprint density at radius 1 is 1.25 bits per heavy atom. The first-order valence-electron chi connectivity index (χ1n) is 7.63. The van der Waals surface area contributed by atoms with Crippen molar-refractivity contribution in [3.63, 3.8) is 0 Å². The fourth-order valence-corrected chi connectivity index (χ4v) is 2.78. The Hall–Kier alpha value is -1.66. The lowest BCUT2D eigenvalue weighted by Crippen LogP contribution is -2.35. The van der Waals surface area contributed by atoms with Crippen molar-refractivity contribution in [2.24, 2.45) is 0 Å². The van der Waals surface area contributed by atoms with E-state index in [-0.39, 0.29) is 16.1 Å². The fourth-order valence-electron chi connectivity index (χ4n) is 2.51. The number of ether oxygens (including phenoxy) is 1. The summed E-state index contributed by atoms with van der Waals surface area (Å²) in [6, 6.07) is 9.30. The van der Waals surface area contributed by atoms with Gasteiger partial charge in [-0.1, -0.05) is 35.3 Å². The van der Waals surface area contributed by atoms with Gasteiger partial charge >= 0.3 is 0 Å². The van der Waals surface area contributed by atoms with Gasteiger partial charge in [-0.15, -0.1) is 0 Å². The van der Waals surface area contributed by atoms with E-state index in [1.54, 1.807) is 0 Å². The topological polar surface area (TPSA) is 54.5 Å². The molecule has 0 aliphatic carbocycles. The lowest BCUT2D eigenvalue weighted by Gasteiger charge is -2.26. The molecule has 126 valence electrons. The predicted octanol–water partition coefficient (Wildman–Crippen LogP) is 3.47. The highest BCUT2D eigenvalue weighted by Crippen LogP contribution is 2.21. The maximum Gasteiger partial charge on any atom is 0.257 e. The minimum Gasteiger partial charge on any atom is -0.379 e. The minimum atomic E-state index is -0.274. The molecule has 0 bridgehead atoms. The number of hydrogen-bond donors (Lipinski definition) is 1. The molecule has 1 fully saturated rings. The van der Waals surface area contributed by atoms with Crippen molar-refractivity contribution in [2.75, 3.05) is 31.6 Å². The Labute approximate surface area is 150 Å². The molecule has 2 heterocycles. The van der Waals surface area contributed by atoms with E-state index in [1.807, 2.05) is 24.3 Å². The van der Waals surface area contributed by atoms with E-state index in [9.17, 15) is 4.79 Å². The summed E-state index contributed by atoms with van der Waals surface area (Å²) < 4.78 is 5.36. The van der Waals surface area contributed by atoms with Crippen molar-refractivity contribution in [2.45, 2.75) is 6.54 Å². The molecule has 1 aliphatic rings. The Kier molecular flexibility index (Phi) is 5.68. The number of nitrogens with zero attached hydrogens (tertiary/aromatic N) is 2. The monoisotopic (exact) mass is 365 g/mol. The Morgan fingerprint density at radius 2 is 2.04 bits per heavy atom. The number of anilines is 1. The molecule has 0 radical (unpaired) electrons. The summed E-state index contributed by atoms with van der Waals surface area (Å²) in [5.74, 6) is -0.274. The van der Waals surface area contributed by atoms with Crippen molar-refractivity contribution in [3.05, 3.63) is 57.8 Å². The van der Waals surface area contributed by atoms with Crippen LogP contribution in [0.4, 0.5) is 5.69 Å². The average molecular weight is 366 g/mol. The molecule has 1 saturated heterocycles.